The molecule has 0 unspecified atom stereocenters. The van der Waals surface area contributed by atoms with Gasteiger partial charge in [-0.15, -0.1) is 0 Å². The maximum atomic E-state index is 6.10. The molecular weight excluding hydrogens is 370 g/mol. The Balaban J connectivity index is 1.73. The predicted molar refractivity (Wildman–Crippen MR) is 125 cm³/mol. The summed E-state index contributed by atoms with van der Waals surface area (Å²) in [7, 11) is 1.72. The average Bonchev–Trinajstić information content (AvgIpc) is 2.71. The Bertz CT molecular complexity index is 769. The summed E-state index contributed by atoms with van der Waals surface area (Å²) >= 11 is 0. The Labute approximate surface area is 183 Å². The molecule has 164 valence electrons. The van der Waals surface area contributed by atoms with Crippen LogP contribution in [0.3, 0.4) is 0 Å². The Morgan fingerprint density at radius 2 is 1.70 bits per heavy atom. The molecule has 0 bridgehead atoms. The summed E-state index contributed by atoms with van der Waals surface area (Å²) in [6.07, 6.45) is 4.58. The smallest absolute Gasteiger partial charge is 0.118 e. The van der Waals surface area contributed by atoms with Gasteiger partial charge in [0.15, 0.2) is 0 Å². The zero-order valence-corrected chi connectivity index (χ0v) is 19.5. The van der Waals surface area contributed by atoms with Crippen LogP contribution in [0.25, 0.3) is 0 Å². The lowest BCUT2D eigenvalue weighted by Crippen LogP contribution is -2.44. The summed E-state index contributed by atoms with van der Waals surface area (Å²) in [5, 5.41) is 0. The summed E-state index contributed by atoms with van der Waals surface area (Å²) in [5.41, 5.74) is 3.03. The van der Waals surface area contributed by atoms with Crippen molar-refractivity contribution in [2.45, 2.75) is 71.6 Å². The van der Waals surface area contributed by atoms with Crippen molar-refractivity contribution in [1.29, 1.82) is 0 Å². The number of methoxy groups -OCH3 is 1. The molecule has 1 heterocycles. The monoisotopic (exact) mass is 409 g/mol. The first-order valence-corrected chi connectivity index (χ1v) is 11.4. The molecule has 0 aromatic heterocycles. The minimum atomic E-state index is -0.0499. The maximum absolute atomic E-state index is 6.10. The van der Waals surface area contributed by atoms with Crippen LogP contribution in [0.2, 0.25) is 0 Å². The summed E-state index contributed by atoms with van der Waals surface area (Å²) < 4.78 is 11.4. The zero-order chi connectivity index (χ0) is 21.6. The highest BCUT2D eigenvalue weighted by atomic mass is 16.5. The summed E-state index contributed by atoms with van der Waals surface area (Å²) in [4.78, 5) is 2.61. The lowest BCUT2D eigenvalue weighted by atomic mass is 9.68. The van der Waals surface area contributed by atoms with E-state index in [0.29, 0.717) is 6.04 Å². The highest BCUT2D eigenvalue weighted by Gasteiger charge is 2.40. The van der Waals surface area contributed by atoms with Crippen molar-refractivity contribution < 1.29 is 9.47 Å². The minimum absolute atomic E-state index is 0.0499. The number of nitrogens with zero attached hydrogens (tertiary/aromatic N) is 1. The molecule has 1 atom stereocenters. The molecule has 2 aromatic rings. The Hall–Kier alpha value is -1.84. The van der Waals surface area contributed by atoms with E-state index in [1.165, 1.54) is 17.5 Å². The first kappa shape index (κ1) is 22.8. The van der Waals surface area contributed by atoms with Crippen LogP contribution in [0.5, 0.6) is 5.75 Å². The van der Waals surface area contributed by atoms with Gasteiger partial charge in [-0.1, -0.05) is 42.5 Å². The fourth-order valence-corrected chi connectivity index (χ4v) is 4.93. The Kier molecular flexibility index (Phi) is 7.60. The molecule has 3 rings (SSSR count). The topological polar surface area (TPSA) is 21.7 Å². The van der Waals surface area contributed by atoms with Gasteiger partial charge in [0.05, 0.1) is 12.7 Å². The molecule has 1 fully saturated rings. The van der Waals surface area contributed by atoms with Crippen LogP contribution in [0.4, 0.5) is 0 Å². The van der Waals surface area contributed by atoms with E-state index in [4.69, 9.17) is 9.47 Å². The van der Waals surface area contributed by atoms with E-state index in [0.717, 1.165) is 44.7 Å². The molecule has 0 saturated carbocycles. The molecule has 0 radical (unpaired) electrons. The fraction of sp³-hybridized carbons (Fsp3) is 0.556. The quantitative estimate of drug-likeness (QED) is 0.498. The van der Waals surface area contributed by atoms with Crippen molar-refractivity contribution in [2.75, 3.05) is 20.3 Å². The van der Waals surface area contributed by atoms with Crippen LogP contribution in [0.15, 0.2) is 54.6 Å². The second-order valence-electron chi connectivity index (χ2n) is 9.86. The van der Waals surface area contributed by atoms with E-state index in [-0.39, 0.29) is 11.0 Å². The lowest BCUT2D eigenvalue weighted by molar-refractivity contribution is -0.109. The molecule has 0 aliphatic carbocycles. The third-order valence-electron chi connectivity index (χ3n) is 6.55. The van der Waals surface area contributed by atoms with E-state index < -0.39 is 0 Å². The molecule has 0 N–H and O–H groups in total. The SMILES string of the molecule is COc1ccc(CN(CC[C@@]2(Cc3ccccc3)CCOC(C)(C)C2)C(C)C)cc1. The van der Waals surface area contributed by atoms with Gasteiger partial charge in [-0.3, -0.25) is 4.90 Å². The van der Waals surface area contributed by atoms with Crippen molar-refractivity contribution in [3.8, 4) is 5.75 Å². The van der Waals surface area contributed by atoms with Crippen LogP contribution in [0.1, 0.15) is 58.1 Å². The highest BCUT2D eigenvalue weighted by Crippen LogP contribution is 2.44. The van der Waals surface area contributed by atoms with E-state index >= 15 is 0 Å². The normalized spacial score (nSPS) is 21.2. The fourth-order valence-electron chi connectivity index (χ4n) is 4.93. The van der Waals surface area contributed by atoms with Crippen molar-refractivity contribution in [3.63, 3.8) is 0 Å². The second kappa shape index (κ2) is 9.98. The Morgan fingerprint density at radius 1 is 1.00 bits per heavy atom. The third-order valence-corrected chi connectivity index (χ3v) is 6.55. The summed E-state index contributed by atoms with van der Waals surface area (Å²) in [6.45, 7) is 12.1. The van der Waals surface area contributed by atoms with Gasteiger partial charge < -0.3 is 9.47 Å². The number of hydrogen-bond donors (Lipinski definition) is 0. The first-order chi connectivity index (χ1) is 14.3. The second-order valence-corrected chi connectivity index (χ2v) is 9.86. The molecular formula is C27H39NO2. The van der Waals surface area contributed by atoms with Crippen LogP contribution < -0.4 is 4.74 Å². The standard InChI is InChI=1S/C27H39NO2/c1-22(2)28(20-24-11-13-25(29-5)14-12-24)17-15-27(16-18-30-26(3,4)21-27)19-23-9-7-6-8-10-23/h6-14,22H,15-21H2,1-5H3/t27-/m0/s1. The van der Waals surface area contributed by atoms with Gasteiger partial charge in [-0.2, -0.15) is 0 Å². The van der Waals surface area contributed by atoms with Gasteiger partial charge in [0.2, 0.25) is 0 Å². The largest absolute Gasteiger partial charge is 0.497 e. The first-order valence-electron chi connectivity index (χ1n) is 11.4. The van der Waals surface area contributed by atoms with Crippen LogP contribution in [-0.4, -0.2) is 36.8 Å². The van der Waals surface area contributed by atoms with Crippen molar-refractivity contribution >= 4 is 0 Å². The van der Waals surface area contributed by atoms with Crippen LogP contribution in [0, 0.1) is 5.41 Å². The van der Waals surface area contributed by atoms with E-state index in [1.54, 1.807) is 7.11 Å². The van der Waals surface area contributed by atoms with Gasteiger partial charge in [0.25, 0.3) is 0 Å². The zero-order valence-electron chi connectivity index (χ0n) is 19.5. The lowest BCUT2D eigenvalue weighted by Gasteiger charge is -2.46. The summed E-state index contributed by atoms with van der Waals surface area (Å²) in [5.74, 6) is 0.918. The molecule has 0 amide bonds. The molecule has 30 heavy (non-hydrogen) atoms. The molecule has 0 spiro atoms. The molecule has 1 aliphatic heterocycles. The Morgan fingerprint density at radius 3 is 2.30 bits per heavy atom. The van der Waals surface area contributed by atoms with Crippen molar-refractivity contribution in [3.05, 3.63) is 65.7 Å². The minimum Gasteiger partial charge on any atom is -0.497 e. The van der Waals surface area contributed by atoms with E-state index in [9.17, 15) is 0 Å². The third kappa shape index (κ3) is 6.33. The molecule has 2 aromatic carbocycles. The number of hydrogen-bond acceptors (Lipinski definition) is 3. The maximum Gasteiger partial charge on any atom is 0.118 e. The predicted octanol–water partition coefficient (Wildman–Crippen LogP) is 6.11. The van der Waals surface area contributed by atoms with E-state index in [1.807, 2.05) is 0 Å². The van der Waals surface area contributed by atoms with Crippen LogP contribution in [-0.2, 0) is 17.7 Å². The van der Waals surface area contributed by atoms with E-state index in [2.05, 4.69) is 87.2 Å². The highest BCUT2D eigenvalue weighted by molar-refractivity contribution is 5.27. The summed E-state index contributed by atoms with van der Waals surface area (Å²) in [6, 6.07) is 20.0. The molecule has 3 heteroatoms. The molecule has 1 aliphatic rings. The van der Waals surface area contributed by atoms with Gasteiger partial charge in [0.1, 0.15) is 5.75 Å². The number of benzene rings is 2. The van der Waals surface area contributed by atoms with Crippen molar-refractivity contribution in [1.82, 2.24) is 4.90 Å². The van der Waals surface area contributed by atoms with Crippen molar-refractivity contribution in [2.24, 2.45) is 5.41 Å². The van der Waals surface area contributed by atoms with Gasteiger partial charge in [-0.25, -0.2) is 0 Å². The number of rotatable bonds is 9. The van der Waals surface area contributed by atoms with Gasteiger partial charge in [-0.05, 0) is 88.6 Å². The van der Waals surface area contributed by atoms with Gasteiger partial charge in [0, 0.05) is 19.2 Å². The number of ether oxygens (including phenoxy) is 2. The molecule has 1 saturated heterocycles. The van der Waals surface area contributed by atoms with Crippen LogP contribution >= 0.6 is 0 Å². The average molecular weight is 410 g/mol. The van der Waals surface area contributed by atoms with Gasteiger partial charge >= 0.3 is 0 Å². The molecule has 3 nitrogen and oxygen atoms in total.